The van der Waals surface area contributed by atoms with Crippen LogP contribution in [0.4, 0.5) is 0 Å². The van der Waals surface area contributed by atoms with E-state index in [1.165, 1.54) is 20.5 Å². The summed E-state index contributed by atoms with van der Waals surface area (Å²) in [6, 6.07) is 17.2. The van der Waals surface area contributed by atoms with Crippen LogP contribution in [0.3, 0.4) is 0 Å². The molecule has 1 aromatic heterocycles. The number of benzene rings is 2. The zero-order chi connectivity index (χ0) is 19.1. The first-order valence-electron chi connectivity index (χ1n) is 8.26. The zero-order valence-electron chi connectivity index (χ0n) is 15.0. The molecule has 0 aliphatic heterocycles. The normalized spacial score (nSPS) is 11.1. The Hall–Kier alpha value is -3.12. The predicted molar refractivity (Wildman–Crippen MR) is 105 cm³/mol. The molecule has 0 saturated carbocycles. The zero-order valence-corrected chi connectivity index (χ0v) is 15.9. The van der Waals surface area contributed by atoms with Crippen molar-refractivity contribution in [1.29, 1.82) is 0 Å². The molecule has 0 bridgehead atoms. The van der Waals surface area contributed by atoms with E-state index in [0.29, 0.717) is 23.5 Å². The number of methoxy groups -OCH3 is 2. The van der Waals surface area contributed by atoms with Crippen molar-refractivity contribution >= 4 is 22.9 Å². The van der Waals surface area contributed by atoms with E-state index in [4.69, 9.17) is 14.2 Å². The van der Waals surface area contributed by atoms with Gasteiger partial charge in [0.05, 0.1) is 26.2 Å². The Morgan fingerprint density at radius 2 is 1.81 bits per heavy atom. The van der Waals surface area contributed by atoms with Crippen molar-refractivity contribution in [2.45, 2.75) is 6.61 Å². The van der Waals surface area contributed by atoms with E-state index < -0.39 is 5.97 Å². The molecule has 138 valence electrons. The quantitative estimate of drug-likeness (QED) is 0.341. The first-order valence-corrected chi connectivity index (χ1v) is 9.14. The summed E-state index contributed by atoms with van der Waals surface area (Å²) < 4.78 is 15.8. The Kier molecular flexibility index (Phi) is 6.22. The molecule has 0 radical (unpaired) electrons. The highest BCUT2D eigenvalue weighted by Crippen LogP contribution is 2.29. The van der Waals surface area contributed by atoms with Gasteiger partial charge >= 0.3 is 5.97 Å². The number of hydrogen-bond acceptors (Lipinski definition) is 6. The highest BCUT2D eigenvalue weighted by atomic mass is 32.1. The number of nitrogens with zero attached hydrogens (tertiary/aromatic N) is 1. The maximum absolute atomic E-state index is 12.1. The van der Waals surface area contributed by atoms with E-state index in [1.807, 2.05) is 47.8 Å². The minimum absolute atomic E-state index is 0.291. The van der Waals surface area contributed by atoms with Crippen molar-refractivity contribution in [3.05, 3.63) is 77.5 Å². The Morgan fingerprint density at radius 3 is 2.56 bits per heavy atom. The van der Waals surface area contributed by atoms with Crippen molar-refractivity contribution in [3.8, 4) is 16.3 Å². The molecule has 0 saturated heterocycles. The van der Waals surface area contributed by atoms with Crippen LogP contribution in [0.15, 0.2) is 66.2 Å². The Balaban J connectivity index is 1.78. The van der Waals surface area contributed by atoms with Gasteiger partial charge in [-0.2, -0.15) is 0 Å². The fourth-order valence-corrected chi connectivity index (χ4v) is 3.31. The number of esters is 1. The van der Waals surface area contributed by atoms with E-state index >= 15 is 0 Å². The second kappa shape index (κ2) is 9.00. The van der Waals surface area contributed by atoms with Crippen molar-refractivity contribution in [3.63, 3.8) is 0 Å². The lowest BCUT2D eigenvalue weighted by Gasteiger charge is -2.12. The third-order valence-electron chi connectivity index (χ3n) is 3.77. The fourth-order valence-electron chi connectivity index (χ4n) is 2.50. The third-order valence-corrected chi connectivity index (χ3v) is 4.71. The van der Waals surface area contributed by atoms with Gasteiger partial charge in [-0.05, 0) is 6.07 Å². The van der Waals surface area contributed by atoms with Gasteiger partial charge in [0.2, 0.25) is 0 Å². The number of thiazole rings is 1. The van der Waals surface area contributed by atoms with Crippen LogP contribution in [0, 0.1) is 0 Å². The molecule has 0 unspecified atom stereocenters. The Morgan fingerprint density at radius 1 is 1.07 bits per heavy atom. The first-order chi connectivity index (χ1) is 13.2. The number of ether oxygens (including phenoxy) is 3. The van der Waals surface area contributed by atoms with Crippen LogP contribution in [0.1, 0.15) is 11.3 Å². The van der Waals surface area contributed by atoms with Gasteiger partial charge in [0.1, 0.15) is 22.9 Å². The lowest BCUT2D eigenvalue weighted by atomic mass is 10.1. The van der Waals surface area contributed by atoms with Crippen LogP contribution >= 0.6 is 11.3 Å². The fraction of sp³-hybridized carbons (Fsp3) is 0.143. The molecule has 0 N–H and O–H groups in total. The molecule has 0 atom stereocenters. The molecular formula is C21H19NO4S. The van der Waals surface area contributed by atoms with Gasteiger partial charge in [0, 0.05) is 16.5 Å². The van der Waals surface area contributed by atoms with Crippen LogP contribution in [0.2, 0.25) is 0 Å². The van der Waals surface area contributed by atoms with Crippen LogP contribution in [0.25, 0.3) is 16.1 Å². The number of aromatic nitrogens is 1. The molecule has 0 fully saturated rings. The van der Waals surface area contributed by atoms with E-state index in [2.05, 4.69) is 4.98 Å². The molecule has 3 rings (SSSR count). The molecule has 0 spiro atoms. The number of rotatable bonds is 7. The van der Waals surface area contributed by atoms with Crippen LogP contribution in [-0.4, -0.2) is 25.2 Å². The van der Waals surface area contributed by atoms with Gasteiger partial charge in [0.15, 0.2) is 0 Å². The summed E-state index contributed by atoms with van der Waals surface area (Å²) in [6.45, 7) is 0.293. The first kappa shape index (κ1) is 18.7. The summed E-state index contributed by atoms with van der Waals surface area (Å²) in [6.07, 6.45) is 1.35. The molecule has 27 heavy (non-hydrogen) atoms. The predicted octanol–water partition coefficient (Wildman–Crippen LogP) is 4.55. The van der Waals surface area contributed by atoms with E-state index in [9.17, 15) is 4.79 Å². The monoisotopic (exact) mass is 381 g/mol. The molecule has 0 aliphatic rings. The minimum atomic E-state index is -0.493. The largest absolute Gasteiger partial charge is 0.503 e. The smallest absolute Gasteiger partial charge is 0.341 e. The van der Waals surface area contributed by atoms with Gasteiger partial charge in [-0.1, -0.05) is 48.5 Å². The average molecular weight is 381 g/mol. The molecular weight excluding hydrogens is 362 g/mol. The number of carbonyl (C=O) groups is 1. The molecule has 1 heterocycles. The molecule has 0 amide bonds. The van der Waals surface area contributed by atoms with Crippen LogP contribution < -0.4 is 4.74 Å². The SMILES string of the molecule is COC=C(C(=O)OC)c1ccccc1OCc1csc(-c2ccccc2)n1. The second-order valence-corrected chi connectivity index (χ2v) is 6.41. The lowest BCUT2D eigenvalue weighted by Crippen LogP contribution is -2.07. The maximum Gasteiger partial charge on any atom is 0.341 e. The van der Waals surface area contributed by atoms with E-state index in [-0.39, 0.29) is 0 Å². The van der Waals surface area contributed by atoms with Gasteiger partial charge in [-0.3, -0.25) is 0 Å². The highest BCUT2D eigenvalue weighted by Gasteiger charge is 2.18. The van der Waals surface area contributed by atoms with Gasteiger partial charge in [-0.25, -0.2) is 9.78 Å². The highest BCUT2D eigenvalue weighted by molar-refractivity contribution is 7.13. The lowest BCUT2D eigenvalue weighted by molar-refractivity contribution is -0.133. The molecule has 0 aliphatic carbocycles. The number of hydrogen-bond donors (Lipinski definition) is 0. The van der Waals surface area contributed by atoms with E-state index in [0.717, 1.165) is 16.3 Å². The number of carbonyl (C=O) groups excluding carboxylic acids is 1. The summed E-state index contributed by atoms with van der Waals surface area (Å²) in [5.74, 6) is 0.0633. The van der Waals surface area contributed by atoms with Gasteiger partial charge in [-0.15, -0.1) is 11.3 Å². The number of para-hydroxylation sites is 1. The summed E-state index contributed by atoms with van der Waals surface area (Å²) in [7, 11) is 2.81. The second-order valence-electron chi connectivity index (χ2n) is 5.55. The Labute approximate surface area is 161 Å². The van der Waals surface area contributed by atoms with Gasteiger partial charge in [0.25, 0.3) is 0 Å². The van der Waals surface area contributed by atoms with Crippen LogP contribution in [-0.2, 0) is 20.9 Å². The Bertz CT molecular complexity index is 934. The van der Waals surface area contributed by atoms with Crippen molar-refractivity contribution in [2.75, 3.05) is 14.2 Å². The van der Waals surface area contributed by atoms with Crippen molar-refractivity contribution in [1.82, 2.24) is 4.98 Å². The van der Waals surface area contributed by atoms with Gasteiger partial charge < -0.3 is 14.2 Å². The average Bonchev–Trinajstić information content (AvgIpc) is 3.20. The minimum Gasteiger partial charge on any atom is -0.503 e. The van der Waals surface area contributed by atoms with Crippen LogP contribution in [0.5, 0.6) is 5.75 Å². The summed E-state index contributed by atoms with van der Waals surface area (Å²) in [4.78, 5) is 16.7. The van der Waals surface area contributed by atoms with E-state index in [1.54, 1.807) is 23.5 Å². The maximum atomic E-state index is 12.1. The molecule has 6 heteroatoms. The summed E-state index contributed by atoms with van der Waals surface area (Å²) in [5, 5.41) is 2.91. The molecule has 3 aromatic rings. The molecule has 5 nitrogen and oxygen atoms in total. The molecule has 2 aromatic carbocycles. The van der Waals surface area contributed by atoms with Crippen molar-refractivity contribution in [2.24, 2.45) is 0 Å². The topological polar surface area (TPSA) is 57.7 Å². The third kappa shape index (κ3) is 4.54. The summed E-state index contributed by atoms with van der Waals surface area (Å²) >= 11 is 1.57. The standard InChI is InChI=1S/C21H19NO4S/c1-24-13-18(21(23)25-2)17-10-6-7-11-19(17)26-12-16-14-27-20(22-16)15-8-4-3-5-9-15/h3-11,13-14H,12H2,1-2H3. The summed E-state index contributed by atoms with van der Waals surface area (Å²) in [5.41, 5.74) is 2.79. The van der Waals surface area contributed by atoms with Crippen molar-refractivity contribution < 1.29 is 19.0 Å².